The topological polar surface area (TPSA) is 61.5 Å². The zero-order chi connectivity index (χ0) is 29.0. The highest BCUT2D eigenvalue weighted by molar-refractivity contribution is 8.03. The molecule has 1 aliphatic rings. The molecule has 0 unspecified atom stereocenters. The van der Waals surface area contributed by atoms with E-state index in [9.17, 15) is 13.0 Å². The minimum absolute atomic E-state index is 0.250. The van der Waals surface area contributed by atoms with Gasteiger partial charge < -0.3 is 4.90 Å². The minimum Gasteiger partial charge on any atom is -0.335 e. The molecule has 1 N–H and O–H groups in total. The number of rotatable bonds is 10. The van der Waals surface area contributed by atoms with E-state index >= 15 is 0 Å². The Morgan fingerprint density at radius 1 is 1.00 bits per heavy atom. The normalized spacial score (nSPS) is 15.0. The van der Waals surface area contributed by atoms with Crippen molar-refractivity contribution in [3.05, 3.63) is 105 Å². The smallest absolute Gasteiger partial charge is 0.265 e. The Labute approximate surface area is 251 Å². The highest BCUT2D eigenvalue weighted by Crippen LogP contribution is 2.47. The number of hydrogen-bond acceptors (Lipinski definition) is 5. The number of aromatic nitrogens is 1. The molecule has 0 saturated carbocycles. The first-order valence-corrected chi connectivity index (χ1v) is 17.1. The lowest BCUT2D eigenvalue weighted by Gasteiger charge is -2.18. The Bertz CT molecular complexity index is 1750. The summed E-state index contributed by atoms with van der Waals surface area (Å²) in [6, 6.07) is 23.4. The third-order valence-corrected chi connectivity index (χ3v) is 10.1. The van der Waals surface area contributed by atoms with Gasteiger partial charge in [0, 0.05) is 30.0 Å². The van der Waals surface area contributed by atoms with Gasteiger partial charge in [-0.25, -0.2) is 0 Å². The Balaban J connectivity index is 1.45. The number of nitrogens with zero attached hydrogens (tertiary/aromatic N) is 2. The van der Waals surface area contributed by atoms with Gasteiger partial charge >= 0.3 is 0 Å². The van der Waals surface area contributed by atoms with E-state index in [1.165, 1.54) is 32.3 Å². The molecule has 5 rings (SSSR count). The average Bonchev–Trinajstić information content (AvgIpc) is 3.47. The maximum absolute atomic E-state index is 11.4. The van der Waals surface area contributed by atoms with Crippen LogP contribution in [0.1, 0.15) is 48.4 Å². The van der Waals surface area contributed by atoms with Crippen molar-refractivity contribution < 1.29 is 17.5 Å². The molecule has 5 nitrogen and oxygen atoms in total. The summed E-state index contributed by atoms with van der Waals surface area (Å²) in [5.41, 5.74) is 7.03. The van der Waals surface area contributed by atoms with Crippen molar-refractivity contribution in [3.63, 3.8) is 0 Å². The predicted octanol–water partition coefficient (Wildman–Crippen LogP) is 8.21. The van der Waals surface area contributed by atoms with Gasteiger partial charge in [-0.3, -0.25) is 4.55 Å². The van der Waals surface area contributed by atoms with Crippen molar-refractivity contribution in [2.45, 2.75) is 45.1 Å². The first kappa shape index (κ1) is 29.3. The third kappa shape index (κ3) is 7.19. The maximum atomic E-state index is 11.4. The first-order chi connectivity index (χ1) is 19.7. The van der Waals surface area contributed by atoms with E-state index in [0.717, 1.165) is 33.8 Å². The molecule has 1 aliphatic heterocycles. The summed E-state index contributed by atoms with van der Waals surface area (Å²) in [5, 5.41) is 2.28. The highest BCUT2D eigenvalue weighted by Gasteiger charge is 2.25. The number of benzene rings is 3. The van der Waals surface area contributed by atoms with Crippen LogP contribution in [-0.4, -0.2) is 25.3 Å². The summed E-state index contributed by atoms with van der Waals surface area (Å²) in [4.78, 5) is 3.63. The first-order valence-electron chi connectivity index (χ1n) is 13.9. The largest absolute Gasteiger partial charge is 0.335 e. The molecule has 4 aromatic rings. The van der Waals surface area contributed by atoms with Gasteiger partial charge in [0.25, 0.3) is 15.1 Å². The second-order valence-corrected chi connectivity index (χ2v) is 13.8. The van der Waals surface area contributed by atoms with Crippen LogP contribution in [0.5, 0.6) is 0 Å². The highest BCUT2D eigenvalue weighted by atomic mass is 32.2. The fraction of sp³-hybridized carbons (Fsp3) is 0.242. The van der Waals surface area contributed by atoms with Crippen LogP contribution in [0.4, 0.5) is 5.69 Å². The molecule has 0 atom stereocenters. The van der Waals surface area contributed by atoms with Crippen molar-refractivity contribution in [1.82, 2.24) is 0 Å². The van der Waals surface area contributed by atoms with Crippen LogP contribution in [0.3, 0.4) is 0 Å². The summed E-state index contributed by atoms with van der Waals surface area (Å²) in [6.07, 6.45) is 10.0. The van der Waals surface area contributed by atoms with E-state index in [0.29, 0.717) is 13.0 Å². The second kappa shape index (κ2) is 12.8. The molecule has 1 aromatic heterocycles. The molecule has 0 saturated heterocycles. The lowest BCUT2D eigenvalue weighted by molar-refractivity contribution is -0.668. The molecule has 0 fully saturated rings. The minimum atomic E-state index is -4.00. The number of anilines is 1. The molecule has 3 aromatic carbocycles. The molecule has 0 spiro atoms. The van der Waals surface area contributed by atoms with Crippen molar-refractivity contribution in [2.24, 2.45) is 0 Å². The summed E-state index contributed by atoms with van der Waals surface area (Å²) < 4.78 is 35.4. The maximum Gasteiger partial charge on any atom is 0.265 e. The molecule has 0 aliphatic carbocycles. The number of allylic oxidation sites excluding steroid dienone is 2. The van der Waals surface area contributed by atoms with Crippen LogP contribution in [0.2, 0.25) is 0 Å². The van der Waals surface area contributed by atoms with E-state index < -0.39 is 10.1 Å². The zero-order valence-electron chi connectivity index (χ0n) is 23.6. The van der Waals surface area contributed by atoms with Crippen molar-refractivity contribution >= 4 is 67.3 Å². The Morgan fingerprint density at radius 2 is 1.78 bits per heavy atom. The van der Waals surface area contributed by atoms with Crippen molar-refractivity contribution in [3.8, 4) is 0 Å². The molecule has 2 heterocycles. The van der Waals surface area contributed by atoms with Gasteiger partial charge in [-0.15, -0.1) is 0 Å². The van der Waals surface area contributed by atoms with Crippen LogP contribution in [0, 0.1) is 6.92 Å². The lowest BCUT2D eigenvalue weighted by Crippen LogP contribution is -2.36. The summed E-state index contributed by atoms with van der Waals surface area (Å²) in [6.45, 7) is 7.80. The fourth-order valence-corrected chi connectivity index (χ4v) is 7.75. The van der Waals surface area contributed by atoms with Crippen LogP contribution in [0.25, 0.3) is 28.4 Å². The summed E-state index contributed by atoms with van der Waals surface area (Å²) in [7, 11) is -4.00. The average molecular weight is 604 g/mol. The summed E-state index contributed by atoms with van der Waals surface area (Å²) in [5.74, 6) is -0.250. The Kier molecular flexibility index (Phi) is 9.14. The van der Waals surface area contributed by atoms with Gasteiger partial charge in [0.2, 0.25) is 5.52 Å². The monoisotopic (exact) mass is 603 g/mol. The number of fused-ring (bicyclic) bond motifs is 2. The number of hydrogen-bond donors (Lipinski definition) is 1. The van der Waals surface area contributed by atoms with E-state index in [1.807, 2.05) is 6.07 Å². The van der Waals surface area contributed by atoms with Gasteiger partial charge in [-0.05, 0) is 66.8 Å². The molecule has 212 valence electrons. The van der Waals surface area contributed by atoms with Gasteiger partial charge in [0.1, 0.15) is 4.70 Å². The van der Waals surface area contributed by atoms with E-state index in [-0.39, 0.29) is 5.75 Å². The van der Waals surface area contributed by atoms with Gasteiger partial charge in [-0.1, -0.05) is 84.6 Å². The van der Waals surface area contributed by atoms with Gasteiger partial charge in [0.15, 0.2) is 6.54 Å². The van der Waals surface area contributed by atoms with Crippen LogP contribution in [-0.2, 0) is 16.7 Å². The number of thioether (sulfide) groups is 1. The fourth-order valence-electron chi connectivity index (χ4n) is 4.93. The molecule has 8 heteroatoms. The van der Waals surface area contributed by atoms with Crippen LogP contribution in [0.15, 0.2) is 88.3 Å². The summed E-state index contributed by atoms with van der Waals surface area (Å²) >= 11 is 3.51. The zero-order valence-corrected chi connectivity index (χ0v) is 26.0. The molecular formula is C33H35N2O3S3+. The van der Waals surface area contributed by atoms with Crippen molar-refractivity contribution in [1.29, 1.82) is 0 Å². The van der Waals surface area contributed by atoms with E-state index in [4.69, 9.17) is 0 Å². The molecule has 0 amide bonds. The van der Waals surface area contributed by atoms with Gasteiger partial charge in [0.05, 0.1) is 16.5 Å². The Morgan fingerprint density at radius 3 is 2.51 bits per heavy atom. The third-order valence-electron chi connectivity index (χ3n) is 7.03. The number of thiazole rings is 1. The van der Waals surface area contributed by atoms with E-state index in [1.54, 1.807) is 23.1 Å². The van der Waals surface area contributed by atoms with Gasteiger partial charge in [-0.2, -0.15) is 13.0 Å². The molecule has 0 radical (unpaired) electrons. The molecular weight excluding hydrogens is 569 g/mol. The second-order valence-electron chi connectivity index (χ2n) is 10.1. The van der Waals surface area contributed by atoms with Crippen molar-refractivity contribution in [2.75, 3.05) is 17.2 Å². The number of aryl methyl sites for hydroxylation is 2. The Hall–Kier alpha value is -3.17. The van der Waals surface area contributed by atoms with Crippen LogP contribution < -0.4 is 9.47 Å². The quantitative estimate of drug-likeness (QED) is 0.112. The lowest BCUT2D eigenvalue weighted by atomic mass is 10.1. The SMILES string of the molecule is CCC(=Cc1sc2ccc(C)cc2[n+]1CCCS(=O)(=O)O)C=C1Sc2ccc(C=Cc3ccccc3)cc2N1CC. The predicted molar refractivity (Wildman–Crippen MR) is 175 cm³/mol. The molecule has 0 bridgehead atoms. The van der Waals surface area contributed by atoms with E-state index in [2.05, 4.69) is 115 Å². The molecule has 41 heavy (non-hydrogen) atoms. The standard InChI is InChI=1S/C33H34N2O3S3/c1-4-25(23-33-35(18-9-19-41(36,37)38)28-20-24(3)12-16-30(28)40-33)22-32-34(5-2)29-21-27(15-17-31(29)39-32)14-13-26-10-7-6-8-11-26/h6-8,10-17,20-23H,4-5,9,18-19H2,1-3H3/p+1. The van der Waals surface area contributed by atoms with Crippen LogP contribution >= 0.6 is 23.1 Å².